The molecule has 2 nitrogen and oxygen atoms in total. The zero-order chi connectivity index (χ0) is 20.6. The molecule has 160 valence electrons. The Bertz CT molecular complexity index is 934. The van der Waals surface area contributed by atoms with Crippen LogP contribution in [-0.4, -0.2) is 0 Å². The third-order valence-corrected chi connectivity index (χ3v) is 5.56. The van der Waals surface area contributed by atoms with Crippen LogP contribution in [0, 0.1) is 0 Å². The largest absolute Gasteiger partial charge is 0.489 e. The molecule has 30 heavy (non-hydrogen) atoms. The minimum absolute atomic E-state index is 0. The standard InChI is InChI=1S/C24H24Cl3NO.ClH/c1-2-6-23(17-7-4-3-5-8-17)28-15-19-13-20(25)11-12-24(19)29-16-18-9-10-21(26)14-22(18)27;/h3-5,7-14,23,28H,2,6,15-16H2,1H3;1H. The number of halogens is 4. The van der Waals surface area contributed by atoms with Crippen molar-refractivity contribution in [2.24, 2.45) is 0 Å². The molecule has 0 spiro atoms. The van der Waals surface area contributed by atoms with Gasteiger partial charge in [-0.1, -0.05) is 84.5 Å². The zero-order valence-corrected chi connectivity index (χ0v) is 19.8. The first-order valence-electron chi connectivity index (χ1n) is 9.70. The van der Waals surface area contributed by atoms with E-state index >= 15 is 0 Å². The highest BCUT2D eigenvalue weighted by atomic mass is 35.5. The molecule has 0 amide bonds. The molecule has 3 rings (SSSR count). The van der Waals surface area contributed by atoms with E-state index in [2.05, 4.69) is 36.5 Å². The van der Waals surface area contributed by atoms with Crippen molar-refractivity contribution >= 4 is 47.2 Å². The van der Waals surface area contributed by atoms with Crippen molar-refractivity contribution in [2.45, 2.75) is 39.0 Å². The fraction of sp³-hybridized carbons (Fsp3) is 0.250. The average molecular weight is 485 g/mol. The van der Waals surface area contributed by atoms with Crippen molar-refractivity contribution in [1.29, 1.82) is 0 Å². The second kappa shape index (κ2) is 12.4. The van der Waals surface area contributed by atoms with Crippen LogP contribution in [0.1, 0.15) is 42.5 Å². The minimum atomic E-state index is 0. The Morgan fingerprint density at radius 3 is 2.27 bits per heavy atom. The summed E-state index contributed by atoms with van der Waals surface area (Å²) < 4.78 is 6.07. The van der Waals surface area contributed by atoms with Gasteiger partial charge in [-0.05, 0) is 42.3 Å². The van der Waals surface area contributed by atoms with Crippen molar-refractivity contribution < 1.29 is 4.74 Å². The Morgan fingerprint density at radius 1 is 0.867 bits per heavy atom. The summed E-state index contributed by atoms with van der Waals surface area (Å²) in [7, 11) is 0. The highest BCUT2D eigenvalue weighted by molar-refractivity contribution is 6.35. The molecule has 0 aliphatic rings. The summed E-state index contributed by atoms with van der Waals surface area (Å²) in [6.07, 6.45) is 2.15. The summed E-state index contributed by atoms with van der Waals surface area (Å²) >= 11 is 18.5. The third kappa shape index (κ3) is 7.08. The van der Waals surface area contributed by atoms with E-state index in [-0.39, 0.29) is 18.4 Å². The summed E-state index contributed by atoms with van der Waals surface area (Å²) in [5.41, 5.74) is 3.18. The van der Waals surface area contributed by atoms with Crippen molar-refractivity contribution in [3.63, 3.8) is 0 Å². The number of hydrogen-bond acceptors (Lipinski definition) is 2. The molecule has 1 unspecified atom stereocenters. The molecule has 0 aromatic heterocycles. The Balaban J connectivity index is 0.00000320. The van der Waals surface area contributed by atoms with E-state index in [1.54, 1.807) is 6.07 Å². The molecular formula is C24H25Cl4NO. The number of nitrogens with one attached hydrogen (secondary N) is 1. The summed E-state index contributed by atoms with van der Waals surface area (Å²) in [6, 6.07) is 21.9. The summed E-state index contributed by atoms with van der Waals surface area (Å²) in [6.45, 7) is 3.22. The molecular weight excluding hydrogens is 460 g/mol. The van der Waals surface area contributed by atoms with Crippen LogP contribution < -0.4 is 10.1 Å². The Labute approximate surface area is 199 Å². The van der Waals surface area contributed by atoms with Gasteiger partial charge in [-0.2, -0.15) is 0 Å². The van der Waals surface area contributed by atoms with Gasteiger partial charge in [0.05, 0.1) is 0 Å². The van der Waals surface area contributed by atoms with Crippen LogP contribution in [0.5, 0.6) is 5.75 Å². The molecule has 3 aromatic rings. The Hall–Kier alpha value is -1.42. The van der Waals surface area contributed by atoms with E-state index in [4.69, 9.17) is 39.5 Å². The van der Waals surface area contributed by atoms with Gasteiger partial charge in [0, 0.05) is 38.8 Å². The normalized spacial score (nSPS) is 11.6. The first-order chi connectivity index (χ1) is 14.1. The van der Waals surface area contributed by atoms with Crippen molar-refractivity contribution in [3.8, 4) is 5.75 Å². The second-order valence-electron chi connectivity index (χ2n) is 6.91. The van der Waals surface area contributed by atoms with E-state index in [9.17, 15) is 0 Å². The fourth-order valence-electron chi connectivity index (χ4n) is 3.21. The lowest BCUT2D eigenvalue weighted by Crippen LogP contribution is -2.21. The number of ether oxygens (including phenoxy) is 1. The molecule has 1 atom stereocenters. The lowest BCUT2D eigenvalue weighted by atomic mass is 10.0. The molecule has 1 N–H and O–H groups in total. The summed E-state index contributed by atoms with van der Waals surface area (Å²) in [5, 5.41) is 5.55. The van der Waals surface area contributed by atoms with E-state index in [1.165, 1.54) is 5.56 Å². The summed E-state index contributed by atoms with van der Waals surface area (Å²) in [5.74, 6) is 0.788. The molecule has 0 radical (unpaired) electrons. The third-order valence-electron chi connectivity index (χ3n) is 4.74. The van der Waals surface area contributed by atoms with Gasteiger partial charge >= 0.3 is 0 Å². The van der Waals surface area contributed by atoms with E-state index in [0.29, 0.717) is 28.2 Å². The first-order valence-corrected chi connectivity index (χ1v) is 10.8. The van der Waals surface area contributed by atoms with Crippen molar-refractivity contribution in [3.05, 3.63) is 98.5 Å². The van der Waals surface area contributed by atoms with Gasteiger partial charge in [0.1, 0.15) is 12.4 Å². The zero-order valence-electron chi connectivity index (χ0n) is 16.7. The van der Waals surface area contributed by atoms with Crippen LogP contribution in [-0.2, 0) is 13.2 Å². The minimum Gasteiger partial charge on any atom is -0.489 e. The van der Waals surface area contributed by atoms with Gasteiger partial charge in [-0.15, -0.1) is 12.4 Å². The quantitative estimate of drug-likeness (QED) is 0.329. The molecule has 0 heterocycles. The SMILES string of the molecule is CCCC(NCc1cc(Cl)ccc1OCc1ccc(Cl)cc1Cl)c1ccccc1.Cl. The van der Waals surface area contributed by atoms with E-state index in [1.807, 2.05) is 36.4 Å². The lowest BCUT2D eigenvalue weighted by Gasteiger charge is -2.20. The molecule has 0 saturated heterocycles. The predicted molar refractivity (Wildman–Crippen MR) is 130 cm³/mol. The number of rotatable bonds is 9. The van der Waals surface area contributed by atoms with Crippen LogP contribution in [0.3, 0.4) is 0 Å². The molecule has 0 bridgehead atoms. The number of hydrogen-bond donors (Lipinski definition) is 1. The van der Waals surface area contributed by atoms with Crippen molar-refractivity contribution in [2.75, 3.05) is 0 Å². The molecule has 3 aromatic carbocycles. The van der Waals surface area contributed by atoms with Gasteiger partial charge in [0.2, 0.25) is 0 Å². The van der Waals surface area contributed by atoms with Crippen LogP contribution in [0.25, 0.3) is 0 Å². The van der Waals surface area contributed by atoms with Gasteiger partial charge in [-0.25, -0.2) is 0 Å². The Morgan fingerprint density at radius 2 is 1.57 bits per heavy atom. The van der Waals surface area contributed by atoms with Gasteiger partial charge in [-0.3, -0.25) is 0 Å². The van der Waals surface area contributed by atoms with Crippen molar-refractivity contribution in [1.82, 2.24) is 5.32 Å². The maximum absolute atomic E-state index is 6.27. The monoisotopic (exact) mass is 483 g/mol. The maximum Gasteiger partial charge on any atom is 0.124 e. The second-order valence-corrected chi connectivity index (χ2v) is 8.19. The van der Waals surface area contributed by atoms with Gasteiger partial charge in [0.15, 0.2) is 0 Å². The van der Waals surface area contributed by atoms with Gasteiger partial charge in [0.25, 0.3) is 0 Å². The highest BCUT2D eigenvalue weighted by Crippen LogP contribution is 2.27. The lowest BCUT2D eigenvalue weighted by molar-refractivity contribution is 0.301. The summed E-state index contributed by atoms with van der Waals surface area (Å²) in [4.78, 5) is 0. The van der Waals surface area contributed by atoms with Gasteiger partial charge < -0.3 is 10.1 Å². The molecule has 0 aliphatic heterocycles. The predicted octanol–water partition coefficient (Wildman–Crippen LogP) is 8.28. The van der Waals surface area contributed by atoms with E-state index in [0.717, 1.165) is 29.7 Å². The topological polar surface area (TPSA) is 21.3 Å². The van der Waals surface area contributed by atoms with E-state index < -0.39 is 0 Å². The van der Waals surface area contributed by atoms with Crippen LogP contribution in [0.4, 0.5) is 0 Å². The maximum atomic E-state index is 6.27. The van der Waals surface area contributed by atoms with Crippen LogP contribution >= 0.6 is 47.2 Å². The highest BCUT2D eigenvalue weighted by Gasteiger charge is 2.12. The molecule has 6 heteroatoms. The smallest absolute Gasteiger partial charge is 0.124 e. The fourth-order valence-corrected chi connectivity index (χ4v) is 3.87. The average Bonchev–Trinajstić information content (AvgIpc) is 2.72. The van der Waals surface area contributed by atoms with Crippen LogP contribution in [0.2, 0.25) is 15.1 Å². The Kier molecular flexibility index (Phi) is 10.3. The van der Waals surface area contributed by atoms with Crippen LogP contribution in [0.15, 0.2) is 66.7 Å². The first kappa shape index (κ1) is 24.8. The molecule has 0 fully saturated rings. The molecule has 0 aliphatic carbocycles. The number of benzene rings is 3. The molecule has 0 saturated carbocycles.